The Hall–Kier alpha value is -2.70. The minimum atomic E-state index is -4.60. The molecular weight excluding hydrogens is 588 g/mol. The number of benzene rings is 4. The molecule has 1 amide bonds. The van der Waals surface area contributed by atoms with E-state index in [0.717, 1.165) is 6.07 Å². The van der Waals surface area contributed by atoms with Gasteiger partial charge in [0.1, 0.15) is 10.6 Å². The minimum Gasteiger partial charge on any atom is -0.870 e. The minimum absolute atomic E-state index is 0. The van der Waals surface area contributed by atoms with Crippen LogP contribution in [0.1, 0.15) is 29.8 Å². The molecule has 0 aliphatic carbocycles. The predicted octanol–water partition coefficient (Wildman–Crippen LogP) is 4.10. The number of anilines is 1. The van der Waals surface area contributed by atoms with Crippen LogP contribution < -0.4 is 44.7 Å². The average molecular weight is 610 g/mol. The van der Waals surface area contributed by atoms with Crippen molar-refractivity contribution in [2.75, 3.05) is 11.9 Å². The molecule has 9 nitrogen and oxygen atoms in total. The molecule has 40 heavy (non-hydrogen) atoms. The molecule has 0 bridgehead atoms. The summed E-state index contributed by atoms with van der Waals surface area (Å²) in [5.74, 6) is -1.04. The fourth-order valence-electron chi connectivity index (χ4n) is 4.02. The van der Waals surface area contributed by atoms with Crippen LogP contribution in [0.25, 0.3) is 10.8 Å². The number of hydrogen-bond donors (Lipinski definition) is 2. The summed E-state index contributed by atoms with van der Waals surface area (Å²) in [6, 6.07) is 15.5. The number of rotatable bonds is 8. The van der Waals surface area contributed by atoms with Crippen molar-refractivity contribution in [1.82, 2.24) is 0 Å². The Labute approximate surface area is 263 Å². The first kappa shape index (κ1) is 31.8. The molecule has 4 aromatic carbocycles. The van der Waals surface area contributed by atoms with E-state index >= 15 is 0 Å². The summed E-state index contributed by atoms with van der Waals surface area (Å²) in [5, 5.41) is 25.8. The summed E-state index contributed by atoms with van der Waals surface area (Å²) in [6.45, 7) is 3.81. The molecule has 0 unspecified atom stereocenters. The van der Waals surface area contributed by atoms with Crippen LogP contribution in [0.2, 0.25) is 10.0 Å². The number of carbonyl (C=O) groups excluding carboxylic acids is 1. The Morgan fingerprint density at radius 3 is 2.42 bits per heavy atom. The maximum absolute atomic E-state index is 13.5. The molecule has 202 valence electrons. The molecule has 0 spiro atoms. The van der Waals surface area contributed by atoms with Crippen LogP contribution in [0.15, 0.2) is 75.8 Å². The van der Waals surface area contributed by atoms with Crippen molar-refractivity contribution in [3.05, 3.63) is 81.8 Å². The Morgan fingerprint density at radius 2 is 1.75 bits per heavy atom. The number of carbonyl (C=O) groups is 1. The van der Waals surface area contributed by atoms with E-state index < -0.39 is 26.7 Å². The van der Waals surface area contributed by atoms with Crippen molar-refractivity contribution >= 4 is 67.1 Å². The van der Waals surface area contributed by atoms with E-state index in [4.69, 9.17) is 27.9 Å². The number of hydrogen-bond acceptors (Lipinski definition) is 7. The molecule has 0 atom stereocenters. The second kappa shape index (κ2) is 13.3. The molecule has 4 aromatic rings. The topological polar surface area (TPSA) is 140 Å². The average Bonchev–Trinajstić information content (AvgIpc) is 2.88. The van der Waals surface area contributed by atoms with Crippen LogP contribution in [0, 0.1) is 0 Å². The summed E-state index contributed by atoms with van der Waals surface area (Å²) in [7, 11) is -4.60. The first-order valence-corrected chi connectivity index (χ1v) is 13.9. The van der Waals surface area contributed by atoms with Crippen molar-refractivity contribution in [3.8, 4) is 11.5 Å². The number of nitrogens with one attached hydrogen (secondary N) is 1. The maximum Gasteiger partial charge on any atom is 1.00 e. The van der Waals surface area contributed by atoms with Gasteiger partial charge in [-0.05, 0) is 55.1 Å². The van der Waals surface area contributed by atoms with E-state index in [9.17, 15) is 22.9 Å². The monoisotopic (exact) mass is 609 g/mol. The molecule has 4 rings (SSSR count). The molecule has 0 saturated carbocycles. The number of azo groups is 1. The van der Waals surface area contributed by atoms with Crippen molar-refractivity contribution in [3.63, 3.8) is 0 Å². The summed E-state index contributed by atoms with van der Waals surface area (Å²) >= 11 is 12.2. The first-order valence-electron chi connectivity index (χ1n) is 11.7. The summed E-state index contributed by atoms with van der Waals surface area (Å²) in [4.78, 5) is 12.9. The van der Waals surface area contributed by atoms with E-state index in [1.165, 1.54) is 18.2 Å². The normalized spacial score (nSPS) is 11.4. The molecule has 0 radical (unpaired) electrons. The van der Waals surface area contributed by atoms with Gasteiger partial charge in [-0.1, -0.05) is 60.1 Å². The van der Waals surface area contributed by atoms with Gasteiger partial charge in [0.2, 0.25) is 0 Å². The predicted molar refractivity (Wildman–Crippen MR) is 149 cm³/mol. The molecule has 0 aromatic heterocycles. The maximum atomic E-state index is 13.5. The van der Waals surface area contributed by atoms with E-state index in [-0.39, 0.29) is 69.2 Å². The van der Waals surface area contributed by atoms with Crippen LogP contribution in [-0.2, 0) is 16.5 Å². The van der Waals surface area contributed by atoms with E-state index in [2.05, 4.69) is 15.5 Å². The standard InChI is InChI=1S/C27H23Cl2N3O6S.Na/c1-3-18-21(13-17(29)14-24(18)39(35,36)37)31-32-25-19-8-6-5-7-15(19)11-20(26(25)33)27(34)30-22-12-16(28)9-10-23(22)38-4-2;/h5-14,33H,3-4H2,1-2H3,(H,30,34)(H,35,36,37);/q;+1/p-1. The Balaban J connectivity index is 0.00000441. The summed E-state index contributed by atoms with van der Waals surface area (Å²) in [6.07, 6.45) is 0.176. The van der Waals surface area contributed by atoms with Crippen LogP contribution in [0.3, 0.4) is 0 Å². The van der Waals surface area contributed by atoms with Gasteiger partial charge in [0.15, 0.2) is 0 Å². The molecule has 0 heterocycles. The third-order valence-electron chi connectivity index (χ3n) is 5.75. The largest absolute Gasteiger partial charge is 1.00 e. The van der Waals surface area contributed by atoms with E-state index in [1.807, 2.05) is 0 Å². The summed E-state index contributed by atoms with van der Waals surface area (Å²) < 4.78 is 39.0. The fourth-order valence-corrected chi connectivity index (χ4v) is 5.31. The van der Waals surface area contributed by atoms with Crippen LogP contribution in [-0.4, -0.2) is 25.5 Å². The number of nitrogens with zero attached hydrogens (tertiary/aromatic N) is 2. The zero-order chi connectivity index (χ0) is 28.3. The van der Waals surface area contributed by atoms with Gasteiger partial charge in [0, 0.05) is 26.6 Å². The molecule has 0 fully saturated rings. The van der Waals surface area contributed by atoms with Gasteiger partial charge in [0.05, 0.1) is 23.7 Å². The van der Waals surface area contributed by atoms with Crippen LogP contribution in [0.5, 0.6) is 11.5 Å². The van der Waals surface area contributed by atoms with Gasteiger partial charge in [-0.3, -0.25) is 9.35 Å². The number of fused-ring (bicyclic) bond motifs is 1. The van der Waals surface area contributed by atoms with Crippen LogP contribution in [0.4, 0.5) is 17.1 Å². The first-order chi connectivity index (χ1) is 18.5. The van der Waals surface area contributed by atoms with Gasteiger partial charge >= 0.3 is 29.6 Å². The Kier molecular flexibility index (Phi) is 10.6. The van der Waals surface area contributed by atoms with Crippen molar-refractivity contribution in [2.24, 2.45) is 10.2 Å². The molecule has 0 saturated heterocycles. The zero-order valence-corrected chi connectivity index (χ0v) is 26.1. The zero-order valence-electron chi connectivity index (χ0n) is 21.7. The molecule has 2 N–H and O–H groups in total. The second-order valence-electron chi connectivity index (χ2n) is 8.28. The SMILES string of the molecule is CCOc1ccc(Cl)cc1NC(=O)c1cc2ccccc2c(N=Nc2cc(Cl)cc(S(=O)(=O)O)c2CC)c1[O-].[Na+]. The van der Waals surface area contributed by atoms with Crippen molar-refractivity contribution < 1.29 is 57.2 Å². The Bertz CT molecular complexity index is 1730. The molecule has 0 aliphatic heterocycles. The molecular formula is C27H22Cl2N3NaO6S. The molecule has 13 heteroatoms. The van der Waals surface area contributed by atoms with Gasteiger partial charge in [-0.15, -0.1) is 0 Å². The van der Waals surface area contributed by atoms with E-state index in [1.54, 1.807) is 50.2 Å². The third kappa shape index (κ3) is 6.95. The third-order valence-corrected chi connectivity index (χ3v) is 7.12. The number of ether oxygens (including phenoxy) is 1. The number of amides is 1. The van der Waals surface area contributed by atoms with Crippen molar-refractivity contribution in [2.45, 2.75) is 25.2 Å². The fraction of sp³-hybridized carbons (Fsp3) is 0.148. The van der Waals surface area contributed by atoms with Crippen molar-refractivity contribution in [1.29, 1.82) is 0 Å². The van der Waals surface area contributed by atoms with Gasteiger partial charge in [-0.25, -0.2) is 0 Å². The smallest absolute Gasteiger partial charge is 0.870 e. The van der Waals surface area contributed by atoms with Gasteiger partial charge in [-0.2, -0.15) is 18.6 Å². The van der Waals surface area contributed by atoms with Crippen LogP contribution >= 0.6 is 23.2 Å². The molecule has 0 aliphatic rings. The van der Waals surface area contributed by atoms with Gasteiger partial charge in [0.25, 0.3) is 16.0 Å². The second-order valence-corrected chi connectivity index (χ2v) is 10.5. The number of halogens is 2. The van der Waals surface area contributed by atoms with Gasteiger partial charge < -0.3 is 15.2 Å². The van der Waals surface area contributed by atoms with E-state index in [0.29, 0.717) is 28.2 Å². The Morgan fingerprint density at radius 1 is 1.02 bits per heavy atom. The summed E-state index contributed by atoms with van der Waals surface area (Å²) in [5.41, 5.74) is 0.168. The quantitative estimate of drug-likeness (QED) is 0.175.